The molecule has 0 aliphatic heterocycles. The largest absolute Gasteiger partial charge is 0.344 e. The number of halogens is 2. The van der Waals surface area contributed by atoms with Crippen LogP contribution in [-0.2, 0) is 0 Å². The molecule has 0 bridgehead atoms. The molecule has 0 fully saturated rings. The summed E-state index contributed by atoms with van der Waals surface area (Å²) in [5.74, 6) is 0. The SMILES string of the molecule is CC(C)=C(C)C.Cl.Cl.N.N. The minimum Gasteiger partial charge on any atom is -0.344 e. The minimum absolute atomic E-state index is 0. The van der Waals surface area contributed by atoms with Crippen molar-refractivity contribution in [3.63, 3.8) is 0 Å². The van der Waals surface area contributed by atoms with Crippen LogP contribution in [0.25, 0.3) is 0 Å². The van der Waals surface area contributed by atoms with Gasteiger partial charge in [0.25, 0.3) is 0 Å². The second-order valence-electron chi connectivity index (χ2n) is 2.00. The molecule has 0 spiro atoms. The number of allylic oxidation sites excluding steroid dienone is 2. The zero-order chi connectivity index (χ0) is 5.15. The molecule has 6 N–H and O–H groups in total. The Morgan fingerprint density at radius 2 is 0.700 bits per heavy atom. The van der Waals surface area contributed by atoms with Crippen LogP contribution in [0.1, 0.15) is 27.7 Å². The van der Waals surface area contributed by atoms with Crippen LogP contribution in [0.3, 0.4) is 0 Å². The maximum absolute atomic E-state index is 2.12. The van der Waals surface area contributed by atoms with Crippen molar-refractivity contribution in [1.82, 2.24) is 12.3 Å². The van der Waals surface area contributed by atoms with Gasteiger partial charge in [-0.25, -0.2) is 0 Å². The van der Waals surface area contributed by atoms with Crippen molar-refractivity contribution >= 4 is 24.8 Å². The van der Waals surface area contributed by atoms with Gasteiger partial charge in [0.2, 0.25) is 0 Å². The zero-order valence-electron chi connectivity index (χ0n) is 7.23. The van der Waals surface area contributed by atoms with E-state index in [2.05, 4.69) is 27.7 Å². The quantitative estimate of drug-likeness (QED) is 0.575. The highest BCUT2D eigenvalue weighted by atomic mass is 35.5. The first-order valence-electron chi connectivity index (χ1n) is 2.25. The van der Waals surface area contributed by atoms with E-state index in [1.165, 1.54) is 11.1 Å². The molecule has 0 atom stereocenters. The normalized spacial score (nSPS) is 4.80. The second kappa shape index (κ2) is 16.1. The molecule has 0 aromatic carbocycles. The highest BCUT2D eigenvalue weighted by Crippen LogP contribution is 1.96. The minimum atomic E-state index is 0. The van der Waals surface area contributed by atoms with Crippen LogP contribution in [0, 0.1) is 0 Å². The van der Waals surface area contributed by atoms with E-state index in [-0.39, 0.29) is 37.1 Å². The molecule has 0 heterocycles. The van der Waals surface area contributed by atoms with E-state index in [4.69, 9.17) is 0 Å². The van der Waals surface area contributed by atoms with Crippen molar-refractivity contribution in [2.24, 2.45) is 0 Å². The Morgan fingerprint density at radius 3 is 0.700 bits per heavy atom. The van der Waals surface area contributed by atoms with Crippen molar-refractivity contribution in [2.75, 3.05) is 0 Å². The van der Waals surface area contributed by atoms with E-state index in [0.29, 0.717) is 0 Å². The Labute approximate surface area is 76.5 Å². The van der Waals surface area contributed by atoms with Crippen LogP contribution in [0.4, 0.5) is 0 Å². The summed E-state index contributed by atoms with van der Waals surface area (Å²) in [4.78, 5) is 0. The summed E-state index contributed by atoms with van der Waals surface area (Å²) in [6, 6.07) is 0. The number of hydrogen-bond acceptors (Lipinski definition) is 2. The zero-order valence-corrected chi connectivity index (χ0v) is 8.86. The van der Waals surface area contributed by atoms with Gasteiger partial charge in [0.1, 0.15) is 0 Å². The average Bonchev–Trinajstić information content (AvgIpc) is 1.36. The fraction of sp³-hybridized carbons (Fsp3) is 0.667. The molecule has 0 aromatic rings. The Bertz CT molecular complexity index is 63.8. The molecule has 0 aliphatic carbocycles. The van der Waals surface area contributed by atoms with Crippen molar-refractivity contribution in [3.05, 3.63) is 11.1 Å². The molecule has 68 valence electrons. The third-order valence-electron chi connectivity index (χ3n) is 1.00. The molecule has 4 heteroatoms. The summed E-state index contributed by atoms with van der Waals surface area (Å²) < 4.78 is 0. The molecule has 0 saturated carbocycles. The van der Waals surface area contributed by atoms with Crippen LogP contribution in [0.2, 0.25) is 0 Å². The van der Waals surface area contributed by atoms with Crippen molar-refractivity contribution < 1.29 is 0 Å². The third kappa shape index (κ3) is 24.0. The smallest absolute Gasteiger partial charge is 0.0440 e. The first-order chi connectivity index (χ1) is 2.64. The molecule has 0 rings (SSSR count). The average molecular weight is 191 g/mol. The monoisotopic (exact) mass is 190 g/mol. The van der Waals surface area contributed by atoms with Crippen LogP contribution in [-0.4, -0.2) is 0 Å². The summed E-state index contributed by atoms with van der Waals surface area (Å²) in [5, 5.41) is 0. The first kappa shape index (κ1) is 31.8. The summed E-state index contributed by atoms with van der Waals surface area (Å²) in [5.41, 5.74) is 2.85. The Kier molecular flexibility index (Phi) is 51.3. The summed E-state index contributed by atoms with van der Waals surface area (Å²) >= 11 is 0. The molecule has 0 amide bonds. The van der Waals surface area contributed by atoms with Gasteiger partial charge < -0.3 is 12.3 Å². The molecule has 0 saturated heterocycles. The molecular weight excluding hydrogens is 171 g/mol. The van der Waals surface area contributed by atoms with Crippen LogP contribution in [0.15, 0.2) is 11.1 Å². The lowest BCUT2D eigenvalue weighted by Gasteiger charge is -1.88. The maximum atomic E-state index is 2.12. The molecule has 0 radical (unpaired) electrons. The van der Waals surface area contributed by atoms with Gasteiger partial charge in [0.05, 0.1) is 0 Å². The van der Waals surface area contributed by atoms with E-state index in [9.17, 15) is 0 Å². The Balaban J connectivity index is -0.0000000208. The molecule has 2 nitrogen and oxygen atoms in total. The fourth-order valence-corrected chi connectivity index (χ4v) is 0. The predicted molar refractivity (Wildman–Crippen MR) is 54.3 cm³/mol. The Hall–Kier alpha value is 0.240. The van der Waals surface area contributed by atoms with Gasteiger partial charge in [-0.15, -0.1) is 24.8 Å². The summed E-state index contributed by atoms with van der Waals surface area (Å²) in [6.45, 7) is 8.48. The predicted octanol–water partition coefficient (Wildman–Crippen LogP) is 3.53. The molecule has 10 heavy (non-hydrogen) atoms. The Morgan fingerprint density at radius 1 is 0.600 bits per heavy atom. The lowest BCUT2D eigenvalue weighted by Crippen LogP contribution is -1.66. The van der Waals surface area contributed by atoms with Gasteiger partial charge in [-0.2, -0.15) is 0 Å². The lowest BCUT2D eigenvalue weighted by molar-refractivity contribution is 1.23. The summed E-state index contributed by atoms with van der Waals surface area (Å²) in [7, 11) is 0. The van der Waals surface area contributed by atoms with Gasteiger partial charge in [-0.3, -0.25) is 0 Å². The van der Waals surface area contributed by atoms with Gasteiger partial charge in [-0.1, -0.05) is 11.1 Å². The van der Waals surface area contributed by atoms with Crippen molar-refractivity contribution in [3.8, 4) is 0 Å². The molecule has 0 aliphatic rings. The van der Waals surface area contributed by atoms with Crippen molar-refractivity contribution in [2.45, 2.75) is 27.7 Å². The maximum Gasteiger partial charge on any atom is -0.0440 e. The van der Waals surface area contributed by atoms with Gasteiger partial charge >= 0.3 is 0 Å². The molecule has 0 aromatic heterocycles. The highest BCUT2D eigenvalue weighted by molar-refractivity contribution is 5.85. The van der Waals surface area contributed by atoms with E-state index in [1.807, 2.05) is 0 Å². The fourth-order valence-electron chi connectivity index (χ4n) is 0. The van der Waals surface area contributed by atoms with Crippen LogP contribution < -0.4 is 12.3 Å². The van der Waals surface area contributed by atoms with Crippen LogP contribution in [0.5, 0.6) is 0 Å². The van der Waals surface area contributed by atoms with Gasteiger partial charge in [0.15, 0.2) is 0 Å². The van der Waals surface area contributed by atoms with E-state index < -0.39 is 0 Å². The topological polar surface area (TPSA) is 70.0 Å². The van der Waals surface area contributed by atoms with E-state index in [1.54, 1.807) is 0 Å². The van der Waals surface area contributed by atoms with E-state index in [0.717, 1.165) is 0 Å². The number of hydrogen-bond donors (Lipinski definition) is 2. The summed E-state index contributed by atoms with van der Waals surface area (Å²) in [6.07, 6.45) is 0. The third-order valence-corrected chi connectivity index (χ3v) is 1.00. The van der Waals surface area contributed by atoms with Crippen LogP contribution >= 0.6 is 24.8 Å². The van der Waals surface area contributed by atoms with E-state index >= 15 is 0 Å². The molecular formula is C6H20Cl2N2. The first-order valence-corrected chi connectivity index (χ1v) is 2.25. The standard InChI is InChI=1S/C6H12.2ClH.2H3N/c1-5(2)6(3)4;;;;/h1-4H3;2*1H;2*1H3. The van der Waals surface area contributed by atoms with Gasteiger partial charge in [-0.05, 0) is 27.7 Å². The second-order valence-corrected chi connectivity index (χ2v) is 2.00. The molecule has 0 unspecified atom stereocenters. The van der Waals surface area contributed by atoms with Crippen molar-refractivity contribution in [1.29, 1.82) is 0 Å². The van der Waals surface area contributed by atoms with Gasteiger partial charge in [0, 0.05) is 0 Å². The number of rotatable bonds is 0. The highest BCUT2D eigenvalue weighted by Gasteiger charge is 1.75. The lowest BCUT2D eigenvalue weighted by atomic mass is 10.2.